The largest absolute Gasteiger partial charge is 0.338 e. The van der Waals surface area contributed by atoms with Crippen LogP contribution in [0.2, 0.25) is 0 Å². The third-order valence-corrected chi connectivity index (χ3v) is 4.26. The van der Waals surface area contributed by atoms with Gasteiger partial charge in [-0.2, -0.15) is 0 Å². The number of hydrogen-bond donors (Lipinski definition) is 1. The molecular weight excluding hydrogens is 308 g/mol. The minimum absolute atomic E-state index is 0.117. The fourth-order valence-corrected chi connectivity index (χ4v) is 3.07. The van der Waals surface area contributed by atoms with Gasteiger partial charge in [0.15, 0.2) is 5.11 Å². The minimum atomic E-state index is -1.15. The summed E-state index contributed by atoms with van der Waals surface area (Å²) in [6, 6.07) is 11.0. The summed E-state index contributed by atoms with van der Waals surface area (Å²) in [4.78, 5) is 23.7. The van der Waals surface area contributed by atoms with Gasteiger partial charge in [0.25, 0.3) is 5.91 Å². The fourth-order valence-electron chi connectivity index (χ4n) is 2.74. The highest BCUT2D eigenvalue weighted by Crippen LogP contribution is 2.33. The molecule has 0 radical (unpaired) electrons. The van der Waals surface area contributed by atoms with E-state index in [1.165, 1.54) is 0 Å². The zero-order chi connectivity index (χ0) is 16.3. The average molecular weight is 326 g/mol. The predicted octanol–water partition coefficient (Wildman–Crippen LogP) is 2.24. The van der Waals surface area contributed by atoms with E-state index < -0.39 is 5.54 Å². The molecule has 5 nitrogen and oxygen atoms in total. The van der Waals surface area contributed by atoms with Crippen molar-refractivity contribution in [1.82, 2.24) is 20.2 Å². The molecule has 0 saturated carbocycles. The number of pyridine rings is 2. The lowest BCUT2D eigenvalue weighted by atomic mass is 9.89. The van der Waals surface area contributed by atoms with Crippen LogP contribution in [0.4, 0.5) is 0 Å². The molecule has 1 aliphatic heterocycles. The number of nitrogens with one attached hydrogen (secondary N) is 1. The van der Waals surface area contributed by atoms with Crippen molar-refractivity contribution >= 4 is 23.2 Å². The molecule has 1 fully saturated rings. The number of nitrogens with zero attached hydrogens (tertiary/aromatic N) is 3. The summed E-state index contributed by atoms with van der Waals surface area (Å²) >= 11 is 5.42. The van der Waals surface area contributed by atoms with Gasteiger partial charge < -0.3 is 5.32 Å². The topological polar surface area (TPSA) is 58.1 Å². The van der Waals surface area contributed by atoms with Crippen molar-refractivity contribution in [3.8, 4) is 0 Å². The van der Waals surface area contributed by atoms with Crippen LogP contribution in [0.3, 0.4) is 0 Å². The second-order valence-electron chi connectivity index (χ2n) is 5.42. The summed E-state index contributed by atoms with van der Waals surface area (Å²) in [6.07, 6.45) is 5.24. The highest BCUT2D eigenvalue weighted by molar-refractivity contribution is 7.80. The van der Waals surface area contributed by atoms with Crippen LogP contribution in [0.25, 0.3) is 0 Å². The Balaban J connectivity index is 2.12. The molecular formula is C17H18N4OS. The van der Waals surface area contributed by atoms with Gasteiger partial charge in [0.2, 0.25) is 5.54 Å². The summed E-state index contributed by atoms with van der Waals surface area (Å²) in [6.45, 7) is 2.68. The standard InChI is InChI=1S/C17H18N4OS/c1-2-3-12-21-15(22)17(20-16(21)23,13-8-4-6-10-18-13)14-9-5-7-11-19-14/h4-11H,2-3,12H2,1H3,(H,20,23). The number of hydrogen-bond acceptors (Lipinski definition) is 4. The second-order valence-corrected chi connectivity index (χ2v) is 5.81. The lowest BCUT2D eigenvalue weighted by molar-refractivity contribution is -0.130. The Hall–Kier alpha value is -2.34. The molecule has 0 bridgehead atoms. The van der Waals surface area contributed by atoms with Crippen molar-refractivity contribution < 1.29 is 4.79 Å². The van der Waals surface area contributed by atoms with Crippen molar-refractivity contribution in [1.29, 1.82) is 0 Å². The molecule has 0 aliphatic carbocycles. The molecule has 2 aromatic heterocycles. The monoisotopic (exact) mass is 326 g/mol. The van der Waals surface area contributed by atoms with Gasteiger partial charge in [0, 0.05) is 18.9 Å². The third-order valence-electron chi connectivity index (χ3n) is 3.94. The van der Waals surface area contributed by atoms with E-state index in [1.807, 2.05) is 36.4 Å². The van der Waals surface area contributed by atoms with Gasteiger partial charge in [-0.15, -0.1) is 0 Å². The molecule has 3 rings (SSSR count). The van der Waals surface area contributed by atoms with Crippen LogP contribution in [-0.2, 0) is 10.3 Å². The number of carbonyl (C=O) groups is 1. The normalized spacial score (nSPS) is 16.5. The van der Waals surface area contributed by atoms with Crippen molar-refractivity contribution in [3.63, 3.8) is 0 Å². The van der Waals surface area contributed by atoms with E-state index in [1.54, 1.807) is 17.3 Å². The molecule has 0 unspecified atom stereocenters. The molecule has 2 aromatic rings. The number of thiocarbonyl (C=S) groups is 1. The van der Waals surface area contributed by atoms with Crippen LogP contribution in [0.5, 0.6) is 0 Å². The SMILES string of the molecule is CCCCN1C(=O)C(c2ccccn2)(c2ccccn2)NC1=S. The van der Waals surface area contributed by atoms with E-state index in [-0.39, 0.29) is 5.91 Å². The quantitative estimate of drug-likeness (QED) is 0.854. The summed E-state index contributed by atoms with van der Waals surface area (Å²) in [5.41, 5.74) is 0.0583. The van der Waals surface area contributed by atoms with E-state index in [0.29, 0.717) is 23.0 Å². The van der Waals surface area contributed by atoms with Gasteiger partial charge in [-0.3, -0.25) is 19.7 Å². The molecule has 0 atom stereocenters. The summed E-state index contributed by atoms with van der Waals surface area (Å²) in [5.74, 6) is -0.117. The first-order valence-corrected chi connectivity index (χ1v) is 8.08. The number of aromatic nitrogens is 2. The minimum Gasteiger partial charge on any atom is -0.338 e. The zero-order valence-corrected chi connectivity index (χ0v) is 13.7. The Kier molecular flexibility index (Phi) is 4.34. The molecule has 1 N–H and O–H groups in total. The van der Waals surface area contributed by atoms with Crippen molar-refractivity contribution in [2.24, 2.45) is 0 Å². The fraction of sp³-hybridized carbons (Fsp3) is 0.294. The highest BCUT2D eigenvalue weighted by atomic mass is 32.1. The van der Waals surface area contributed by atoms with Gasteiger partial charge in [-0.1, -0.05) is 25.5 Å². The summed E-state index contributed by atoms with van der Waals surface area (Å²) in [5, 5.41) is 3.62. The van der Waals surface area contributed by atoms with E-state index in [0.717, 1.165) is 12.8 Å². The van der Waals surface area contributed by atoms with Crippen LogP contribution < -0.4 is 5.32 Å². The Morgan fingerprint density at radius 3 is 2.22 bits per heavy atom. The van der Waals surface area contributed by atoms with Gasteiger partial charge in [0.1, 0.15) is 0 Å². The smallest absolute Gasteiger partial charge is 0.267 e. The van der Waals surface area contributed by atoms with Crippen LogP contribution in [0.1, 0.15) is 31.2 Å². The van der Waals surface area contributed by atoms with E-state index in [2.05, 4.69) is 22.2 Å². The van der Waals surface area contributed by atoms with Gasteiger partial charge >= 0.3 is 0 Å². The molecule has 3 heterocycles. The maximum absolute atomic E-state index is 13.2. The van der Waals surface area contributed by atoms with Crippen LogP contribution in [0, 0.1) is 0 Å². The Bertz CT molecular complexity index is 666. The first-order chi connectivity index (χ1) is 11.2. The molecule has 0 spiro atoms. The number of unbranched alkanes of at least 4 members (excludes halogenated alkanes) is 1. The molecule has 1 amide bonds. The highest BCUT2D eigenvalue weighted by Gasteiger charge is 2.53. The van der Waals surface area contributed by atoms with E-state index in [4.69, 9.17) is 12.2 Å². The number of rotatable bonds is 5. The zero-order valence-electron chi connectivity index (χ0n) is 12.9. The van der Waals surface area contributed by atoms with Crippen LogP contribution >= 0.6 is 12.2 Å². The van der Waals surface area contributed by atoms with Crippen LogP contribution in [-0.4, -0.2) is 32.4 Å². The number of carbonyl (C=O) groups excluding carboxylic acids is 1. The molecule has 6 heteroatoms. The van der Waals surface area contributed by atoms with Crippen molar-refractivity contribution in [3.05, 3.63) is 60.2 Å². The maximum Gasteiger partial charge on any atom is 0.267 e. The maximum atomic E-state index is 13.2. The third kappa shape index (κ3) is 2.59. The summed E-state index contributed by atoms with van der Waals surface area (Å²) in [7, 11) is 0. The first kappa shape index (κ1) is 15.6. The first-order valence-electron chi connectivity index (χ1n) is 7.67. The lowest BCUT2D eigenvalue weighted by Crippen LogP contribution is -2.46. The van der Waals surface area contributed by atoms with Crippen molar-refractivity contribution in [2.75, 3.05) is 6.54 Å². The average Bonchev–Trinajstić information content (AvgIpc) is 2.86. The number of amides is 1. The summed E-state index contributed by atoms with van der Waals surface area (Å²) < 4.78 is 0. The Labute approximate surface area is 140 Å². The molecule has 1 saturated heterocycles. The molecule has 1 aliphatic rings. The molecule has 118 valence electrons. The van der Waals surface area contributed by atoms with Gasteiger partial charge in [-0.05, 0) is 42.9 Å². The second kappa shape index (κ2) is 6.42. The van der Waals surface area contributed by atoms with Crippen LogP contribution in [0.15, 0.2) is 48.8 Å². The van der Waals surface area contributed by atoms with E-state index >= 15 is 0 Å². The molecule has 0 aromatic carbocycles. The Morgan fingerprint density at radius 1 is 1.13 bits per heavy atom. The van der Waals surface area contributed by atoms with Gasteiger partial charge in [-0.25, -0.2) is 0 Å². The van der Waals surface area contributed by atoms with Gasteiger partial charge in [0.05, 0.1) is 11.4 Å². The molecule has 23 heavy (non-hydrogen) atoms. The lowest BCUT2D eigenvalue weighted by Gasteiger charge is -2.26. The van der Waals surface area contributed by atoms with E-state index in [9.17, 15) is 4.79 Å². The Morgan fingerprint density at radius 2 is 1.74 bits per heavy atom. The van der Waals surface area contributed by atoms with Crippen molar-refractivity contribution in [2.45, 2.75) is 25.3 Å². The predicted molar refractivity (Wildman–Crippen MR) is 91.6 cm³/mol.